The summed E-state index contributed by atoms with van der Waals surface area (Å²) in [6, 6.07) is 0. The van der Waals surface area contributed by atoms with E-state index in [4.69, 9.17) is 19.3 Å². The minimum atomic E-state index is -0.436. The van der Waals surface area contributed by atoms with Crippen molar-refractivity contribution in [1.82, 2.24) is 0 Å². The molecule has 0 fully saturated rings. The molecule has 2 unspecified atom stereocenters. The number of hydrogen-bond donors (Lipinski definition) is 1. The Morgan fingerprint density at radius 2 is 2.06 bits per heavy atom. The molecule has 0 saturated carbocycles. The summed E-state index contributed by atoms with van der Waals surface area (Å²) in [5.41, 5.74) is 0. The highest BCUT2D eigenvalue weighted by Crippen LogP contribution is 2.03. The number of aliphatic hydroxyl groups excluding tert-OH is 1. The summed E-state index contributed by atoms with van der Waals surface area (Å²) >= 11 is 0. The zero-order chi connectivity index (χ0) is 13.1. The highest BCUT2D eigenvalue weighted by Gasteiger charge is 2.13. The van der Waals surface area contributed by atoms with Gasteiger partial charge in [-0.05, 0) is 13.8 Å². The second-order valence-corrected chi connectivity index (χ2v) is 3.30. The maximum Gasteiger partial charge on any atom is 0.303 e. The Morgan fingerprint density at radius 1 is 1.35 bits per heavy atom. The normalized spacial score (nSPS) is 13.4. The number of aliphatic hydroxyl groups is 1. The van der Waals surface area contributed by atoms with E-state index >= 15 is 0 Å². The van der Waals surface area contributed by atoms with Crippen LogP contribution < -0.4 is 0 Å². The van der Waals surface area contributed by atoms with Crippen molar-refractivity contribution in [1.29, 1.82) is 0 Å². The molecule has 0 bridgehead atoms. The van der Waals surface area contributed by atoms with Crippen molar-refractivity contribution in [3.05, 3.63) is 0 Å². The van der Waals surface area contributed by atoms with Crippen LogP contribution >= 0.6 is 0 Å². The fourth-order valence-corrected chi connectivity index (χ4v) is 1.14. The van der Waals surface area contributed by atoms with Crippen LogP contribution in [0.15, 0.2) is 0 Å². The van der Waals surface area contributed by atoms with Gasteiger partial charge in [0.1, 0.15) is 12.7 Å². The predicted molar refractivity (Wildman–Crippen MR) is 62.1 cm³/mol. The number of carbonyl (C=O) groups excluding carboxylic acids is 1. The molecule has 17 heavy (non-hydrogen) atoms. The first-order chi connectivity index (χ1) is 8.10. The minimum Gasteiger partial charge on any atom is -0.459 e. The van der Waals surface area contributed by atoms with Gasteiger partial charge in [0.15, 0.2) is 6.29 Å². The first-order valence-electron chi connectivity index (χ1n) is 5.57. The first kappa shape index (κ1) is 15.9. The third-order valence-corrected chi connectivity index (χ3v) is 1.78. The summed E-state index contributed by atoms with van der Waals surface area (Å²) in [6.07, 6.45) is -0.447. The van der Waals surface area contributed by atoms with Crippen LogP contribution in [0.2, 0.25) is 0 Å². The van der Waals surface area contributed by atoms with E-state index < -0.39 is 6.10 Å². The molecule has 0 aromatic heterocycles. The van der Waals surface area contributed by atoms with Gasteiger partial charge in [-0.25, -0.2) is 0 Å². The van der Waals surface area contributed by atoms with E-state index in [1.807, 2.05) is 6.92 Å². The third-order valence-electron chi connectivity index (χ3n) is 1.78. The van der Waals surface area contributed by atoms with Crippen LogP contribution in [0.3, 0.4) is 0 Å². The first-order valence-corrected chi connectivity index (χ1v) is 5.57. The van der Waals surface area contributed by atoms with Gasteiger partial charge >= 0.3 is 5.97 Å². The average molecular weight is 244 g/mol. The molecule has 0 heterocycles. The van der Waals surface area contributed by atoms with Gasteiger partial charge in [-0.2, -0.15) is 0 Å². The second-order valence-electron chi connectivity index (χ2n) is 3.30. The van der Waals surface area contributed by atoms with Crippen LogP contribution in [-0.4, -0.2) is 43.3 Å². The Morgan fingerprint density at radius 3 is 2.59 bits per heavy atom. The zero-order valence-corrected chi connectivity index (χ0v) is 10.6. The summed E-state index contributed by atoms with van der Waals surface area (Å²) < 4.78 is 15.6. The fraction of sp³-hybridized carbons (Fsp3) is 0.750. The molecule has 2 atom stereocenters. The van der Waals surface area contributed by atoms with Gasteiger partial charge < -0.3 is 19.3 Å². The van der Waals surface area contributed by atoms with Crippen LogP contribution in [0.25, 0.3) is 0 Å². The van der Waals surface area contributed by atoms with Crippen molar-refractivity contribution in [2.75, 3.05) is 19.8 Å². The molecule has 0 saturated heterocycles. The average Bonchev–Trinajstić information content (AvgIpc) is 2.25. The van der Waals surface area contributed by atoms with Gasteiger partial charge in [0.25, 0.3) is 0 Å². The van der Waals surface area contributed by atoms with Crippen LogP contribution in [0.4, 0.5) is 0 Å². The van der Waals surface area contributed by atoms with Crippen molar-refractivity contribution in [3.8, 4) is 11.8 Å². The van der Waals surface area contributed by atoms with Crippen molar-refractivity contribution >= 4 is 5.97 Å². The molecule has 0 aliphatic carbocycles. The number of rotatable bonds is 7. The largest absolute Gasteiger partial charge is 0.459 e. The Kier molecular flexibility index (Phi) is 9.44. The Bertz CT molecular complexity index is 266. The molecule has 0 aromatic rings. The Hall–Kier alpha value is -1.09. The van der Waals surface area contributed by atoms with Gasteiger partial charge in [0.05, 0.1) is 6.61 Å². The molecule has 0 amide bonds. The molecule has 98 valence electrons. The van der Waals surface area contributed by atoms with Crippen molar-refractivity contribution < 1.29 is 24.1 Å². The third kappa shape index (κ3) is 9.82. The lowest BCUT2D eigenvalue weighted by molar-refractivity contribution is -0.165. The second kappa shape index (κ2) is 10.1. The molecule has 5 heteroatoms. The molecular formula is C12H20O5. The standard InChI is InChI=1S/C12H20O5/c1-4-15-11(3)16-9-12(17-10(2)14)7-5-6-8-13/h11-13H,4,7-9H2,1-3H3. The van der Waals surface area contributed by atoms with Crippen LogP contribution in [0, 0.1) is 11.8 Å². The van der Waals surface area contributed by atoms with Crippen molar-refractivity contribution in [3.63, 3.8) is 0 Å². The van der Waals surface area contributed by atoms with Gasteiger partial charge in [-0.3, -0.25) is 4.79 Å². The summed E-state index contributed by atoms with van der Waals surface area (Å²) in [6.45, 7) is 5.55. The monoisotopic (exact) mass is 244 g/mol. The highest BCUT2D eigenvalue weighted by atomic mass is 16.7. The van der Waals surface area contributed by atoms with Crippen molar-refractivity contribution in [2.24, 2.45) is 0 Å². The van der Waals surface area contributed by atoms with E-state index in [0.717, 1.165) is 0 Å². The molecular weight excluding hydrogens is 224 g/mol. The van der Waals surface area contributed by atoms with Crippen molar-refractivity contribution in [2.45, 2.75) is 39.6 Å². The lowest BCUT2D eigenvalue weighted by Crippen LogP contribution is -2.25. The lowest BCUT2D eigenvalue weighted by Gasteiger charge is -2.18. The quantitative estimate of drug-likeness (QED) is 0.406. The van der Waals surface area contributed by atoms with Crippen LogP contribution in [-0.2, 0) is 19.0 Å². The molecule has 5 nitrogen and oxygen atoms in total. The molecule has 1 N–H and O–H groups in total. The molecule has 0 aromatic carbocycles. The molecule has 0 aliphatic heterocycles. The fourth-order valence-electron chi connectivity index (χ4n) is 1.14. The summed E-state index contributed by atoms with van der Waals surface area (Å²) in [5.74, 6) is 4.81. The Balaban J connectivity index is 4.04. The Labute approximate surface area is 102 Å². The summed E-state index contributed by atoms with van der Waals surface area (Å²) in [7, 11) is 0. The van der Waals surface area contributed by atoms with Crippen LogP contribution in [0.5, 0.6) is 0 Å². The van der Waals surface area contributed by atoms with Gasteiger partial charge in [-0.1, -0.05) is 11.8 Å². The van der Waals surface area contributed by atoms with E-state index in [0.29, 0.717) is 13.0 Å². The number of carbonyl (C=O) groups is 1. The SMILES string of the molecule is CCOC(C)OCC(CC#CCO)OC(C)=O. The van der Waals surface area contributed by atoms with E-state index in [1.165, 1.54) is 6.92 Å². The van der Waals surface area contributed by atoms with E-state index in [-0.39, 0.29) is 25.5 Å². The minimum absolute atomic E-state index is 0.205. The molecule has 0 rings (SSSR count). The summed E-state index contributed by atoms with van der Waals surface area (Å²) in [4.78, 5) is 10.9. The van der Waals surface area contributed by atoms with E-state index in [1.54, 1.807) is 6.92 Å². The smallest absolute Gasteiger partial charge is 0.303 e. The maximum atomic E-state index is 10.9. The topological polar surface area (TPSA) is 65.0 Å². The molecule has 0 radical (unpaired) electrons. The van der Waals surface area contributed by atoms with Crippen LogP contribution in [0.1, 0.15) is 27.2 Å². The van der Waals surface area contributed by atoms with Gasteiger partial charge in [0.2, 0.25) is 0 Å². The van der Waals surface area contributed by atoms with Gasteiger partial charge in [-0.15, -0.1) is 0 Å². The number of esters is 1. The number of ether oxygens (including phenoxy) is 3. The lowest BCUT2D eigenvalue weighted by atomic mass is 10.2. The van der Waals surface area contributed by atoms with Gasteiger partial charge in [0, 0.05) is 20.0 Å². The highest BCUT2D eigenvalue weighted by molar-refractivity contribution is 5.66. The predicted octanol–water partition coefficient (Wildman–Crippen LogP) is 0.703. The zero-order valence-electron chi connectivity index (χ0n) is 10.6. The molecule has 0 spiro atoms. The summed E-state index contributed by atoms with van der Waals surface area (Å²) in [5, 5.41) is 8.52. The van der Waals surface area contributed by atoms with E-state index in [9.17, 15) is 4.79 Å². The number of hydrogen-bond acceptors (Lipinski definition) is 5. The van der Waals surface area contributed by atoms with E-state index in [2.05, 4.69) is 11.8 Å². The maximum absolute atomic E-state index is 10.9. The molecule has 0 aliphatic rings.